The summed E-state index contributed by atoms with van der Waals surface area (Å²) >= 11 is 0. The highest BCUT2D eigenvalue weighted by atomic mass is 16.2. The molecule has 3 aromatic heterocycles. The van der Waals surface area contributed by atoms with Crippen LogP contribution in [0, 0.1) is 0 Å². The van der Waals surface area contributed by atoms with Gasteiger partial charge >= 0.3 is 0 Å². The van der Waals surface area contributed by atoms with Crippen LogP contribution in [0.4, 0.5) is 5.82 Å². The van der Waals surface area contributed by atoms with E-state index >= 15 is 0 Å². The van der Waals surface area contributed by atoms with Crippen molar-refractivity contribution in [3.63, 3.8) is 0 Å². The third kappa shape index (κ3) is 5.09. The first-order valence-corrected chi connectivity index (χ1v) is 11.1. The predicted octanol–water partition coefficient (Wildman–Crippen LogP) is 2.60. The fraction of sp³-hybridized carbons (Fsp3) is 0.115. The second kappa shape index (κ2) is 9.60. The number of carbonyl (C=O) groups excluding carboxylic acids is 1. The van der Waals surface area contributed by atoms with Gasteiger partial charge in [-0.2, -0.15) is 0 Å². The molecule has 3 N–H and O–H groups in total. The zero-order valence-electron chi connectivity index (χ0n) is 18.8. The third-order valence-corrected chi connectivity index (χ3v) is 5.70. The molecule has 1 amide bonds. The smallest absolute Gasteiger partial charge is 0.273 e. The first-order chi connectivity index (χ1) is 17.0. The number of nitrogens with one attached hydrogen (secondary N) is 1. The first kappa shape index (κ1) is 22.0. The van der Waals surface area contributed by atoms with Crippen molar-refractivity contribution in [2.24, 2.45) is 0 Å². The van der Waals surface area contributed by atoms with Crippen LogP contribution in [0.1, 0.15) is 27.2 Å². The van der Waals surface area contributed by atoms with Crippen LogP contribution in [0.2, 0.25) is 0 Å². The summed E-state index contributed by atoms with van der Waals surface area (Å²) in [6.45, 7) is 1.34. The van der Waals surface area contributed by atoms with E-state index in [0.29, 0.717) is 25.5 Å². The Kier molecular flexibility index (Phi) is 6.04. The van der Waals surface area contributed by atoms with E-state index in [4.69, 9.17) is 5.73 Å². The molecule has 5 aromatic rings. The average Bonchev–Trinajstić information content (AvgIpc) is 3.34. The summed E-state index contributed by atoms with van der Waals surface area (Å²) in [6, 6.07) is 20.7. The van der Waals surface area contributed by atoms with Gasteiger partial charge < -0.3 is 15.6 Å². The fourth-order valence-corrected chi connectivity index (χ4v) is 3.84. The number of hydrogen-bond donors (Lipinski definition) is 2. The molecule has 0 unspecified atom stereocenters. The lowest BCUT2D eigenvalue weighted by Gasteiger charge is -2.07. The summed E-state index contributed by atoms with van der Waals surface area (Å²) < 4.78 is 3.28. The van der Waals surface area contributed by atoms with Gasteiger partial charge in [0.1, 0.15) is 5.82 Å². The maximum atomic E-state index is 12.6. The van der Waals surface area contributed by atoms with Crippen LogP contribution in [0.3, 0.4) is 0 Å². The number of nitrogen functional groups attached to an aromatic ring is 1. The minimum absolute atomic E-state index is 0.0346. The van der Waals surface area contributed by atoms with Crippen molar-refractivity contribution in [2.45, 2.75) is 19.6 Å². The molecule has 0 bridgehead atoms. The van der Waals surface area contributed by atoms with Crippen LogP contribution in [0.5, 0.6) is 0 Å². The Morgan fingerprint density at radius 2 is 1.71 bits per heavy atom. The highest BCUT2D eigenvalue weighted by Gasteiger charge is 2.11. The SMILES string of the molecule is Nc1nccc2cc(CNC(=O)c3cn(Cc4ccc(Cn5ccccc5=O)cc4)nn3)ccc12. The number of pyridine rings is 2. The molecular formula is C26H23N7O2. The fourth-order valence-electron chi connectivity index (χ4n) is 3.84. The van der Waals surface area contributed by atoms with Crippen molar-refractivity contribution in [3.05, 3.63) is 118 Å². The summed E-state index contributed by atoms with van der Waals surface area (Å²) in [5.74, 6) is 0.185. The van der Waals surface area contributed by atoms with Crippen molar-refractivity contribution >= 4 is 22.5 Å². The van der Waals surface area contributed by atoms with Gasteiger partial charge in [-0.25, -0.2) is 9.67 Å². The van der Waals surface area contributed by atoms with Gasteiger partial charge in [0, 0.05) is 30.4 Å². The van der Waals surface area contributed by atoms with Crippen molar-refractivity contribution in [1.82, 2.24) is 29.9 Å². The molecule has 5 rings (SSSR count). The Bertz CT molecular complexity index is 1550. The van der Waals surface area contributed by atoms with Crippen LogP contribution in [-0.2, 0) is 19.6 Å². The Morgan fingerprint density at radius 3 is 2.51 bits per heavy atom. The van der Waals surface area contributed by atoms with Gasteiger partial charge in [0.05, 0.1) is 19.3 Å². The number of nitrogens with zero attached hydrogens (tertiary/aromatic N) is 5. The number of nitrogens with two attached hydrogens (primary N) is 1. The molecule has 3 heterocycles. The maximum Gasteiger partial charge on any atom is 0.273 e. The van der Waals surface area contributed by atoms with Crippen molar-refractivity contribution in [3.8, 4) is 0 Å². The second-order valence-electron chi connectivity index (χ2n) is 8.22. The zero-order valence-corrected chi connectivity index (χ0v) is 18.8. The summed E-state index contributed by atoms with van der Waals surface area (Å²) in [5.41, 5.74) is 9.09. The van der Waals surface area contributed by atoms with E-state index in [1.165, 1.54) is 0 Å². The summed E-state index contributed by atoms with van der Waals surface area (Å²) in [7, 11) is 0. The summed E-state index contributed by atoms with van der Waals surface area (Å²) in [6.07, 6.45) is 5.06. The lowest BCUT2D eigenvalue weighted by atomic mass is 10.1. The van der Waals surface area contributed by atoms with E-state index < -0.39 is 0 Å². The number of fused-ring (bicyclic) bond motifs is 1. The lowest BCUT2D eigenvalue weighted by Crippen LogP contribution is -2.23. The largest absolute Gasteiger partial charge is 0.383 e. The molecule has 9 heteroatoms. The summed E-state index contributed by atoms with van der Waals surface area (Å²) in [5, 5.41) is 12.8. The normalized spacial score (nSPS) is 11.0. The van der Waals surface area contributed by atoms with E-state index in [9.17, 15) is 9.59 Å². The van der Waals surface area contributed by atoms with Crippen LogP contribution in [0.25, 0.3) is 10.8 Å². The molecule has 0 fully saturated rings. The second-order valence-corrected chi connectivity index (χ2v) is 8.22. The molecule has 0 aliphatic rings. The van der Waals surface area contributed by atoms with E-state index in [2.05, 4.69) is 20.6 Å². The Morgan fingerprint density at radius 1 is 0.943 bits per heavy atom. The molecule has 0 atom stereocenters. The number of anilines is 1. The van der Waals surface area contributed by atoms with Gasteiger partial charge in [-0.3, -0.25) is 9.59 Å². The van der Waals surface area contributed by atoms with Gasteiger partial charge in [-0.15, -0.1) is 5.10 Å². The minimum Gasteiger partial charge on any atom is -0.383 e. The molecule has 0 spiro atoms. The molecule has 35 heavy (non-hydrogen) atoms. The highest BCUT2D eigenvalue weighted by Crippen LogP contribution is 2.20. The predicted molar refractivity (Wildman–Crippen MR) is 133 cm³/mol. The van der Waals surface area contributed by atoms with E-state index in [0.717, 1.165) is 27.5 Å². The number of rotatable bonds is 7. The van der Waals surface area contributed by atoms with Crippen LogP contribution in [-0.4, -0.2) is 30.5 Å². The van der Waals surface area contributed by atoms with Crippen molar-refractivity contribution in [1.29, 1.82) is 0 Å². The molecule has 0 aliphatic heterocycles. The average molecular weight is 466 g/mol. The Hall–Kier alpha value is -4.79. The van der Waals surface area contributed by atoms with Gasteiger partial charge in [-0.05, 0) is 40.3 Å². The summed E-state index contributed by atoms with van der Waals surface area (Å²) in [4.78, 5) is 28.5. The number of amides is 1. The van der Waals surface area contributed by atoms with Crippen molar-refractivity contribution in [2.75, 3.05) is 5.73 Å². The molecule has 2 aromatic carbocycles. The molecule has 0 saturated carbocycles. The highest BCUT2D eigenvalue weighted by molar-refractivity contribution is 5.92. The maximum absolute atomic E-state index is 12.6. The third-order valence-electron chi connectivity index (χ3n) is 5.70. The van der Waals surface area contributed by atoms with Gasteiger partial charge in [0.2, 0.25) is 0 Å². The molecular weight excluding hydrogens is 442 g/mol. The van der Waals surface area contributed by atoms with E-state index in [1.54, 1.807) is 40.0 Å². The molecule has 0 radical (unpaired) electrons. The number of aromatic nitrogens is 5. The lowest BCUT2D eigenvalue weighted by molar-refractivity contribution is 0.0946. The zero-order chi connectivity index (χ0) is 24.2. The number of hydrogen-bond acceptors (Lipinski definition) is 6. The monoisotopic (exact) mass is 465 g/mol. The van der Waals surface area contributed by atoms with Crippen LogP contribution < -0.4 is 16.6 Å². The number of carbonyl (C=O) groups is 1. The molecule has 174 valence electrons. The standard InChI is InChI=1S/C26H23N7O2/c27-25-22-9-8-20(13-21(22)10-11-28-25)14-29-26(35)23-17-33(31-30-23)16-19-6-4-18(5-7-19)15-32-12-2-1-3-24(32)34/h1-13,17H,14-16H2,(H2,27,28)(H,29,35). The Balaban J connectivity index is 1.18. The molecule has 0 saturated heterocycles. The molecule has 9 nitrogen and oxygen atoms in total. The van der Waals surface area contributed by atoms with Gasteiger partial charge in [-0.1, -0.05) is 47.7 Å². The minimum atomic E-state index is -0.297. The van der Waals surface area contributed by atoms with E-state index in [1.807, 2.05) is 54.6 Å². The van der Waals surface area contributed by atoms with Gasteiger partial charge in [0.25, 0.3) is 11.5 Å². The molecule has 0 aliphatic carbocycles. The Labute approximate surface area is 200 Å². The van der Waals surface area contributed by atoms with Crippen LogP contribution in [0.15, 0.2) is 90.1 Å². The van der Waals surface area contributed by atoms with E-state index in [-0.39, 0.29) is 17.2 Å². The van der Waals surface area contributed by atoms with Crippen LogP contribution >= 0.6 is 0 Å². The number of benzene rings is 2. The topological polar surface area (TPSA) is 121 Å². The van der Waals surface area contributed by atoms with Crippen molar-refractivity contribution < 1.29 is 4.79 Å². The van der Waals surface area contributed by atoms with Gasteiger partial charge in [0.15, 0.2) is 5.69 Å². The quantitative estimate of drug-likeness (QED) is 0.381. The first-order valence-electron chi connectivity index (χ1n) is 11.1.